The predicted molar refractivity (Wildman–Crippen MR) is 67.0 cm³/mol. The second kappa shape index (κ2) is 5.16. The highest BCUT2D eigenvalue weighted by atomic mass is 19.4. The maximum Gasteiger partial charge on any atom is 0.403 e. The van der Waals surface area contributed by atoms with Crippen molar-refractivity contribution in [3.63, 3.8) is 0 Å². The van der Waals surface area contributed by atoms with E-state index in [1.54, 1.807) is 12.1 Å². The van der Waals surface area contributed by atoms with Crippen LogP contribution in [0, 0.1) is 0 Å². The van der Waals surface area contributed by atoms with E-state index in [0.717, 1.165) is 5.56 Å². The third-order valence-electron chi connectivity index (χ3n) is 3.75. The summed E-state index contributed by atoms with van der Waals surface area (Å²) in [6, 6.07) is 3.65. The van der Waals surface area contributed by atoms with Crippen LogP contribution in [0.3, 0.4) is 0 Å². The highest BCUT2D eigenvalue weighted by molar-refractivity contribution is 5.44. The van der Waals surface area contributed by atoms with Crippen LogP contribution in [0.25, 0.3) is 0 Å². The molecule has 3 nitrogen and oxygen atoms in total. The molecule has 0 aromatic heterocycles. The Morgan fingerprint density at radius 3 is 2.55 bits per heavy atom. The van der Waals surface area contributed by atoms with Gasteiger partial charge in [0.15, 0.2) is 11.5 Å². The van der Waals surface area contributed by atoms with Crippen molar-refractivity contribution in [1.82, 2.24) is 5.32 Å². The quantitative estimate of drug-likeness (QED) is 0.860. The van der Waals surface area contributed by atoms with Crippen molar-refractivity contribution in [3.8, 4) is 11.5 Å². The van der Waals surface area contributed by atoms with Crippen LogP contribution in [0.4, 0.5) is 13.2 Å². The number of hydrogen-bond acceptors (Lipinski definition) is 3. The van der Waals surface area contributed by atoms with Gasteiger partial charge < -0.3 is 9.47 Å². The number of hydrogen-bond donors (Lipinski definition) is 1. The van der Waals surface area contributed by atoms with Crippen LogP contribution >= 0.6 is 0 Å². The normalized spacial score (nSPS) is 26.4. The first kappa shape index (κ1) is 13.5. The van der Waals surface area contributed by atoms with E-state index in [9.17, 15) is 13.2 Å². The van der Waals surface area contributed by atoms with E-state index in [-0.39, 0.29) is 12.5 Å². The van der Waals surface area contributed by atoms with Crippen LogP contribution in [0.2, 0.25) is 0 Å². The number of rotatable bonds is 1. The van der Waals surface area contributed by atoms with Crippen LogP contribution in [0.1, 0.15) is 30.9 Å². The van der Waals surface area contributed by atoms with Crippen LogP contribution in [0.15, 0.2) is 18.2 Å². The van der Waals surface area contributed by atoms with Crippen LogP contribution in [-0.4, -0.2) is 25.4 Å². The molecule has 6 heteroatoms. The van der Waals surface area contributed by atoms with Gasteiger partial charge in [-0.15, -0.1) is 0 Å². The van der Waals surface area contributed by atoms with E-state index in [1.165, 1.54) is 0 Å². The molecule has 3 rings (SSSR count). The molecule has 2 aliphatic rings. The first-order chi connectivity index (χ1) is 9.54. The van der Waals surface area contributed by atoms with Gasteiger partial charge in [-0.1, -0.05) is 6.07 Å². The molecule has 2 heterocycles. The van der Waals surface area contributed by atoms with E-state index >= 15 is 0 Å². The highest BCUT2D eigenvalue weighted by Crippen LogP contribution is 2.37. The number of nitrogens with one attached hydrogen (secondary N) is 1. The summed E-state index contributed by atoms with van der Waals surface area (Å²) in [7, 11) is 0. The fourth-order valence-corrected chi connectivity index (χ4v) is 2.73. The predicted octanol–water partition coefficient (Wildman–Crippen LogP) is 3.20. The molecule has 110 valence electrons. The van der Waals surface area contributed by atoms with Gasteiger partial charge in [0.05, 0.1) is 0 Å². The Morgan fingerprint density at radius 2 is 1.80 bits per heavy atom. The van der Waals surface area contributed by atoms with Gasteiger partial charge in [0.1, 0.15) is 19.3 Å². The maximum atomic E-state index is 12.8. The summed E-state index contributed by atoms with van der Waals surface area (Å²) in [5, 5.41) is 2.70. The van der Waals surface area contributed by atoms with E-state index in [4.69, 9.17) is 9.47 Å². The van der Waals surface area contributed by atoms with Crippen LogP contribution in [0.5, 0.6) is 11.5 Å². The van der Waals surface area contributed by atoms with Gasteiger partial charge in [-0.25, -0.2) is 0 Å². The number of piperidine rings is 1. The number of alkyl halides is 3. The molecule has 1 aromatic carbocycles. The maximum absolute atomic E-state index is 12.8. The molecule has 0 aliphatic carbocycles. The van der Waals surface area contributed by atoms with Crippen molar-refractivity contribution < 1.29 is 22.6 Å². The Labute approximate surface area is 115 Å². The second-order valence-electron chi connectivity index (χ2n) is 5.15. The Bertz CT molecular complexity index is 490. The lowest BCUT2D eigenvalue weighted by Gasteiger charge is -2.33. The van der Waals surface area contributed by atoms with E-state index in [0.29, 0.717) is 37.6 Å². The highest BCUT2D eigenvalue weighted by Gasteiger charge is 2.42. The molecule has 2 unspecified atom stereocenters. The molecule has 0 saturated carbocycles. The van der Waals surface area contributed by atoms with Crippen molar-refractivity contribution in [3.05, 3.63) is 23.8 Å². The average molecular weight is 287 g/mol. The molecule has 1 N–H and O–H groups in total. The van der Waals surface area contributed by atoms with Gasteiger partial charge in [-0.2, -0.15) is 13.2 Å². The van der Waals surface area contributed by atoms with Gasteiger partial charge in [-0.05, 0) is 37.0 Å². The average Bonchev–Trinajstić information content (AvgIpc) is 2.46. The molecule has 2 atom stereocenters. The summed E-state index contributed by atoms with van der Waals surface area (Å²) in [5.41, 5.74) is 0.822. The Balaban J connectivity index is 1.78. The number of fused-ring (bicyclic) bond motifs is 1. The van der Waals surface area contributed by atoms with Crippen molar-refractivity contribution in [2.75, 3.05) is 13.2 Å². The van der Waals surface area contributed by atoms with Gasteiger partial charge in [0.2, 0.25) is 0 Å². The molecular weight excluding hydrogens is 271 g/mol. The smallest absolute Gasteiger partial charge is 0.403 e. The van der Waals surface area contributed by atoms with Crippen molar-refractivity contribution >= 4 is 0 Å². The van der Waals surface area contributed by atoms with Crippen molar-refractivity contribution in [2.24, 2.45) is 0 Å². The number of ether oxygens (including phenoxy) is 2. The van der Waals surface area contributed by atoms with E-state index in [2.05, 4.69) is 5.32 Å². The molecule has 0 spiro atoms. The Kier molecular flexibility index (Phi) is 3.50. The van der Waals surface area contributed by atoms with Gasteiger partial charge in [0.25, 0.3) is 0 Å². The second-order valence-corrected chi connectivity index (χ2v) is 5.15. The topological polar surface area (TPSA) is 30.5 Å². The standard InChI is InChI=1S/C14H16F3NO2/c15-14(16,17)13-3-1-2-10(18-13)9-4-5-11-12(8-9)20-7-6-19-11/h4-5,8,10,13,18H,1-3,6-7H2. The molecule has 1 fully saturated rings. The molecule has 0 amide bonds. The van der Waals surface area contributed by atoms with Crippen molar-refractivity contribution in [2.45, 2.75) is 37.5 Å². The van der Waals surface area contributed by atoms with Crippen molar-refractivity contribution in [1.29, 1.82) is 0 Å². The van der Waals surface area contributed by atoms with Crippen LogP contribution < -0.4 is 14.8 Å². The Morgan fingerprint density at radius 1 is 1.05 bits per heavy atom. The lowest BCUT2D eigenvalue weighted by molar-refractivity contribution is -0.163. The first-order valence-electron chi connectivity index (χ1n) is 6.76. The minimum absolute atomic E-state index is 0.143. The monoisotopic (exact) mass is 287 g/mol. The van der Waals surface area contributed by atoms with E-state index < -0.39 is 12.2 Å². The molecule has 0 bridgehead atoms. The molecule has 0 radical (unpaired) electrons. The summed E-state index contributed by atoms with van der Waals surface area (Å²) >= 11 is 0. The first-order valence-corrected chi connectivity index (χ1v) is 6.76. The number of halogens is 3. The summed E-state index contributed by atoms with van der Waals surface area (Å²) in [6.45, 7) is 0.976. The zero-order valence-electron chi connectivity index (χ0n) is 10.9. The summed E-state index contributed by atoms with van der Waals surface area (Å²) in [4.78, 5) is 0. The fourth-order valence-electron chi connectivity index (χ4n) is 2.73. The fraction of sp³-hybridized carbons (Fsp3) is 0.571. The zero-order valence-corrected chi connectivity index (χ0v) is 10.9. The molecule has 1 saturated heterocycles. The molecular formula is C14H16F3NO2. The zero-order chi connectivity index (χ0) is 14.2. The van der Waals surface area contributed by atoms with Gasteiger partial charge in [-0.3, -0.25) is 5.32 Å². The minimum Gasteiger partial charge on any atom is -0.486 e. The summed E-state index contributed by atoms with van der Waals surface area (Å²) in [6.07, 6.45) is -2.78. The Hall–Kier alpha value is -1.43. The molecule has 20 heavy (non-hydrogen) atoms. The third kappa shape index (κ3) is 2.70. The van der Waals surface area contributed by atoms with Crippen LogP contribution in [-0.2, 0) is 0 Å². The van der Waals surface area contributed by atoms with Gasteiger partial charge in [0, 0.05) is 6.04 Å². The SMILES string of the molecule is FC(F)(F)C1CCCC(c2ccc3c(c2)OCCO3)N1. The van der Waals surface area contributed by atoms with E-state index in [1.807, 2.05) is 6.07 Å². The molecule has 2 aliphatic heterocycles. The summed E-state index contributed by atoms with van der Waals surface area (Å²) in [5.74, 6) is 1.27. The lowest BCUT2D eigenvalue weighted by atomic mass is 9.93. The van der Waals surface area contributed by atoms with Gasteiger partial charge >= 0.3 is 6.18 Å². The largest absolute Gasteiger partial charge is 0.486 e. The third-order valence-corrected chi connectivity index (χ3v) is 3.75. The summed E-state index contributed by atoms with van der Waals surface area (Å²) < 4.78 is 49.3. The molecule has 1 aromatic rings. The number of benzene rings is 1. The lowest BCUT2D eigenvalue weighted by Crippen LogP contribution is -2.46. The minimum atomic E-state index is -4.19.